The molecule has 2 heterocycles. The van der Waals surface area contributed by atoms with E-state index in [0.717, 1.165) is 15.8 Å². The predicted molar refractivity (Wildman–Crippen MR) is 83.9 cm³/mol. The van der Waals surface area contributed by atoms with Gasteiger partial charge in [0.25, 0.3) is 5.91 Å². The van der Waals surface area contributed by atoms with E-state index in [1.807, 2.05) is 18.2 Å². The molecule has 0 saturated carbocycles. The summed E-state index contributed by atoms with van der Waals surface area (Å²) in [6.45, 7) is 2.66. The fourth-order valence-corrected chi connectivity index (χ4v) is 3.76. The SMILES string of the molecule is COc1ccc2c(N)c(C(=O)N3CCC(C)(O)C3)sc2c1. The van der Waals surface area contributed by atoms with E-state index in [0.29, 0.717) is 30.1 Å². The maximum atomic E-state index is 12.6. The van der Waals surface area contributed by atoms with Gasteiger partial charge in [0, 0.05) is 23.2 Å². The molecule has 1 aliphatic rings. The van der Waals surface area contributed by atoms with Crippen LogP contribution in [-0.4, -0.2) is 41.7 Å². The van der Waals surface area contributed by atoms with Crippen molar-refractivity contribution in [1.29, 1.82) is 0 Å². The third kappa shape index (κ3) is 2.45. The van der Waals surface area contributed by atoms with Crippen molar-refractivity contribution in [3.8, 4) is 5.75 Å². The Bertz CT molecular complexity index is 708. The maximum Gasteiger partial charge on any atom is 0.266 e. The smallest absolute Gasteiger partial charge is 0.266 e. The van der Waals surface area contributed by atoms with Gasteiger partial charge in [-0.15, -0.1) is 11.3 Å². The molecule has 21 heavy (non-hydrogen) atoms. The van der Waals surface area contributed by atoms with Crippen LogP contribution in [0.25, 0.3) is 10.1 Å². The second-order valence-electron chi connectivity index (χ2n) is 5.68. The normalized spacial score (nSPS) is 22.0. The number of nitrogen functional groups attached to an aromatic ring is 1. The molecule has 1 aliphatic heterocycles. The van der Waals surface area contributed by atoms with Gasteiger partial charge in [0.05, 0.1) is 18.4 Å². The average Bonchev–Trinajstić information content (AvgIpc) is 2.98. The summed E-state index contributed by atoms with van der Waals surface area (Å²) in [5.41, 5.74) is 5.83. The molecule has 6 heteroatoms. The van der Waals surface area contributed by atoms with Gasteiger partial charge >= 0.3 is 0 Å². The highest BCUT2D eigenvalue weighted by Gasteiger charge is 2.35. The third-order valence-electron chi connectivity index (χ3n) is 3.87. The lowest BCUT2D eigenvalue weighted by atomic mass is 10.1. The Kier molecular flexibility index (Phi) is 3.30. The first kappa shape index (κ1) is 14.2. The monoisotopic (exact) mass is 306 g/mol. The largest absolute Gasteiger partial charge is 0.497 e. The van der Waals surface area contributed by atoms with Gasteiger partial charge in [0.2, 0.25) is 0 Å². The minimum Gasteiger partial charge on any atom is -0.497 e. The molecule has 0 spiro atoms. The summed E-state index contributed by atoms with van der Waals surface area (Å²) in [5.74, 6) is 0.636. The molecule has 0 aliphatic carbocycles. The average molecular weight is 306 g/mol. The van der Waals surface area contributed by atoms with Crippen molar-refractivity contribution in [3.05, 3.63) is 23.1 Å². The minimum atomic E-state index is -0.801. The van der Waals surface area contributed by atoms with Gasteiger partial charge in [0.1, 0.15) is 10.6 Å². The van der Waals surface area contributed by atoms with Crippen molar-refractivity contribution in [1.82, 2.24) is 4.90 Å². The number of rotatable bonds is 2. The van der Waals surface area contributed by atoms with E-state index in [2.05, 4.69) is 0 Å². The maximum absolute atomic E-state index is 12.6. The molecule has 1 unspecified atom stereocenters. The summed E-state index contributed by atoms with van der Waals surface area (Å²) >= 11 is 1.37. The van der Waals surface area contributed by atoms with E-state index in [9.17, 15) is 9.90 Å². The molecule has 112 valence electrons. The van der Waals surface area contributed by atoms with Gasteiger partial charge in [-0.2, -0.15) is 0 Å². The number of carbonyl (C=O) groups is 1. The number of benzene rings is 1. The van der Waals surface area contributed by atoms with Crippen LogP contribution < -0.4 is 10.5 Å². The molecule has 1 saturated heterocycles. The van der Waals surface area contributed by atoms with Crippen LogP contribution >= 0.6 is 11.3 Å². The molecule has 1 aromatic carbocycles. The standard InChI is InChI=1S/C15H18N2O3S/c1-15(19)5-6-17(8-15)14(18)13-12(16)10-4-3-9(20-2)7-11(10)21-13/h3-4,7,19H,5-6,8,16H2,1-2H3. The number of hydrogen-bond donors (Lipinski definition) is 2. The number of anilines is 1. The summed E-state index contributed by atoms with van der Waals surface area (Å²) in [5, 5.41) is 10.9. The van der Waals surface area contributed by atoms with Crippen molar-refractivity contribution in [2.45, 2.75) is 18.9 Å². The topological polar surface area (TPSA) is 75.8 Å². The number of likely N-dealkylation sites (tertiary alicyclic amines) is 1. The molecule has 1 atom stereocenters. The highest BCUT2D eigenvalue weighted by Crippen LogP contribution is 2.37. The molecular weight excluding hydrogens is 288 g/mol. The highest BCUT2D eigenvalue weighted by atomic mass is 32.1. The zero-order valence-corrected chi connectivity index (χ0v) is 12.9. The van der Waals surface area contributed by atoms with Crippen LogP contribution in [0.3, 0.4) is 0 Å². The van der Waals surface area contributed by atoms with E-state index in [1.165, 1.54) is 11.3 Å². The van der Waals surface area contributed by atoms with Crippen LogP contribution in [0.15, 0.2) is 18.2 Å². The van der Waals surface area contributed by atoms with Crippen LogP contribution in [0.1, 0.15) is 23.0 Å². The van der Waals surface area contributed by atoms with E-state index < -0.39 is 5.60 Å². The Morgan fingerprint density at radius 3 is 2.90 bits per heavy atom. The van der Waals surface area contributed by atoms with Crippen molar-refractivity contribution in [2.75, 3.05) is 25.9 Å². The molecule has 3 rings (SSSR count). The van der Waals surface area contributed by atoms with Crippen molar-refractivity contribution >= 4 is 33.0 Å². The number of β-amino-alcohol motifs (C(OH)–C–C–N with tert-alkyl or cyclic N) is 1. The molecule has 3 N–H and O–H groups in total. The van der Waals surface area contributed by atoms with E-state index in [4.69, 9.17) is 10.5 Å². The highest BCUT2D eigenvalue weighted by molar-refractivity contribution is 7.21. The number of thiophene rings is 1. The Hall–Kier alpha value is -1.79. The lowest BCUT2D eigenvalue weighted by Gasteiger charge is -2.18. The Balaban J connectivity index is 1.97. The van der Waals surface area contributed by atoms with Crippen LogP contribution in [0, 0.1) is 0 Å². The lowest BCUT2D eigenvalue weighted by Crippen LogP contribution is -2.33. The lowest BCUT2D eigenvalue weighted by molar-refractivity contribution is 0.0575. The first-order chi connectivity index (χ1) is 9.91. The number of nitrogens with two attached hydrogens (primary N) is 1. The minimum absolute atomic E-state index is 0.106. The van der Waals surface area contributed by atoms with Crippen LogP contribution in [-0.2, 0) is 0 Å². The molecule has 5 nitrogen and oxygen atoms in total. The molecule has 0 bridgehead atoms. The number of nitrogens with zero attached hydrogens (tertiary/aromatic N) is 1. The second-order valence-corrected chi connectivity index (χ2v) is 6.73. The molecule has 1 amide bonds. The Morgan fingerprint density at radius 1 is 1.52 bits per heavy atom. The Labute approximate surface area is 126 Å². The van der Waals surface area contributed by atoms with Gasteiger partial charge in [-0.1, -0.05) is 0 Å². The fourth-order valence-electron chi connectivity index (χ4n) is 2.64. The van der Waals surface area contributed by atoms with Crippen LogP contribution in [0.5, 0.6) is 5.75 Å². The number of fused-ring (bicyclic) bond motifs is 1. The number of methoxy groups -OCH3 is 1. The number of ether oxygens (including phenoxy) is 1. The molecule has 1 aromatic heterocycles. The van der Waals surface area contributed by atoms with Crippen LogP contribution in [0.4, 0.5) is 5.69 Å². The zero-order chi connectivity index (χ0) is 15.2. The van der Waals surface area contributed by atoms with E-state index in [-0.39, 0.29) is 5.91 Å². The summed E-state index contributed by atoms with van der Waals surface area (Å²) in [4.78, 5) is 14.8. The molecular formula is C15H18N2O3S. The third-order valence-corrected chi connectivity index (χ3v) is 5.03. The number of amides is 1. The predicted octanol–water partition coefficient (Wildman–Crippen LogP) is 2.09. The summed E-state index contributed by atoms with van der Waals surface area (Å²) in [6, 6.07) is 5.59. The number of hydrogen-bond acceptors (Lipinski definition) is 5. The molecule has 1 fully saturated rings. The summed E-state index contributed by atoms with van der Waals surface area (Å²) in [6.07, 6.45) is 0.595. The first-order valence-electron chi connectivity index (χ1n) is 6.79. The summed E-state index contributed by atoms with van der Waals surface area (Å²) < 4.78 is 6.13. The van der Waals surface area contributed by atoms with Crippen molar-refractivity contribution in [3.63, 3.8) is 0 Å². The van der Waals surface area contributed by atoms with Gasteiger partial charge in [0.15, 0.2) is 0 Å². The van der Waals surface area contributed by atoms with Gasteiger partial charge in [-0.3, -0.25) is 4.79 Å². The van der Waals surface area contributed by atoms with Gasteiger partial charge in [-0.05, 0) is 31.5 Å². The molecule has 2 aromatic rings. The molecule has 0 radical (unpaired) electrons. The van der Waals surface area contributed by atoms with Crippen molar-refractivity contribution in [2.24, 2.45) is 0 Å². The van der Waals surface area contributed by atoms with Gasteiger partial charge in [-0.25, -0.2) is 0 Å². The fraction of sp³-hybridized carbons (Fsp3) is 0.400. The van der Waals surface area contributed by atoms with Crippen molar-refractivity contribution < 1.29 is 14.6 Å². The first-order valence-corrected chi connectivity index (χ1v) is 7.60. The zero-order valence-electron chi connectivity index (χ0n) is 12.0. The summed E-state index contributed by atoms with van der Waals surface area (Å²) in [7, 11) is 1.61. The van der Waals surface area contributed by atoms with E-state index in [1.54, 1.807) is 18.9 Å². The van der Waals surface area contributed by atoms with Gasteiger partial charge < -0.3 is 20.5 Å². The number of aliphatic hydroxyl groups is 1. The second kappa shape index (κ2) is 4.89. The quantitative estimate of drug-likeness (QED) is 0.891. The number of carbonyl (C=O) groups excluding carboxylic acids is 1. The Morgan fingerprint density at radius 2 is 2.29 bits per heavy atom. The van der Waals surface area contributed by atoms with E-state index >= 15 is 0 Å². The van der Waals surface area contributed by atoms with Crippen LogP contribution in [0.2, 0.25) is 0 Å².